The first-order valence-electron chi connectivity index (χ1n) is 11.4. The summed E-state index contributed by atoms with van der Waals surface area (Å²) in [6.45, 7) is 11.2. The summed E-state index contributed by atoms with van der Waals surface area (Å²) < 4.78 is 11.9. The van der Waals surface area contributed by atoms with E-state index in [2.05, 4.69) is 33.0 Å². The lowest BCUT2D eigenvalue weighted by molar-refractivity contribution is -0.143. The molecule has 2 aromatic carbocycles. The Bertz CT molecular complexity index is 1220. The second-order valence-corrected chi connectivity index (χ2v) is 10.9. The fraction of sp³-hybridized carbons (Fsp3) is 0.444. The summed E-state index contributed by atoms with van der Waals surface area (Å²) in [6, 6.07) is 9.22. The highest BCUT2D eigenvalue weighted by molar-refractivity contribution is 6.17. The van der Waals surface area contributed by atoms with Gasteiger partial charge in [0.15, 0.2) is 11.5 Å². The van der Waals surface area contributed by atoms with Gasteiger partial charge in [-0.25, -0.2) is 4.79 Å². The van der Waals surface area contributed by atoms with Crippen molar-refractivity contribution in [2.75, 3.05) is 7.11 Å². The number of hydrogen-bond acceptors (Lipinski definition) is 5. The van der Waals surface area contributed by atoms with Gasteiger partial charge in [-0.15, -0.1) is 0 Å². The second-order valence-electron chi connectivity index (χ2n) is 10.9. The molecular formula is C27H32N2O5. The molecule has 2 aliphatic heterocycles. The molecule has 0 atom stereocenters. The smallest absolute Gasteiger partial charge is 0.328 e. The first kappa shape index (κ1) is 23.8. The van der Waals surface area contributed by atoms with E-state index < -0.39 is 17.4 Å². The first-order valence-corrected chi connectivity index (χ1v) is 11.4. The number of hydrogen-bond donors (Lipinski definition) is 2. The number of ether oxygens (including phenoxy) is 2. The minimum Gasteiger partial charge on any atom is -0.493 e. The lowest BCUT2D eigenvalue weighted by Crippen LogP contribution is -2.49. The maximum atomic E-state index is 12.9. The zero-order valence-electron chi connectivity index (χ0n) is 20.8. The highest BCUT2D eigenvalue weighted by Crippen LogP contribution is 2.47. The Balaban J connectivity index is 1.84. The standard InChI is InChI=1S/C27H32N2O5/c1-25(2)13-17-12-19(33-7)22-18(14-26(3,4)34-22)20(17)21(28-25)15-9-8-10-16(11-15)23(30)29-27(5,6)24(31)32/h8-12H,13-14H2,1-7H3,(H,29,30)(H,31,32). The number of carboxylic acid groups (broad SMARTS) is 1. The molecule has 0 radical (unpaired) electrons. The van der Waals surface area contributed by atoms with Crippen molar-refractivity contribution in [3.8, 4) is 11.5 Å². The molecule has 0 aromatic heterocycles. The Morgan fingerprint density at radius 1 is 1.15 bits per heavy atom. The van der Waals surface area contributed by atoms with Crippen molar-refractivity contribution in [3.05, 3.63) is 58.1 Å². The third-order valence-electron chi connectivity index (χ3n) is 6.26. The number of nitrogens with one attached hydrogen (secondary N) is 1. The fourth-order valence-corrected chi connectivity index (χ4v) is 4.65. The van der Waals surface area contributed by atoms with Crippen LogP contribution in [0, 0.1) is 0 Å². The molecule has 0 unspecified atom stereocenters. The summed E-state index contributed by atoms with van der Waals surface area (Å²) in [5, 5.41) is 12.0. The van der Waals surface area contributed by atoms with Crippen molar-refractivity contribution in [1.82, 2.24) is 5.32 Å². The van der Waals surface area contributed by atoms with Gasteiger partial charge in [0.2, 0.25) is 0 Å². The number of nitrogens with zero attached hydrogens (tertiary/aromatic N) is 1. The topological polar surface area (TPSA) is 97.2 Å². The van der Waals surface area contributed by atoms with E-state index >= 15 is 0 Å². The summed E-state index contributed by atoms with van der Waals surface area (Å²) in [6.07, 6.45) is 1.47. The lowest BCUT2D eigenvalue weighted by atomic mass is 9.80. The van der Waals surface area contributed by atoms with Crippen molar-refractivity contribution in [2.45, 2.75) is 71.1 Å². The number of aliphatic imine (C=N–C) groups is 1. The van der Waals surface area contributed by atoms with Gasteiger partial charge in [0.25, 0.3) is 5.91 Å². The molecule has 180 valence electrons. The first-order chi connectivity index (χ1) is 15.7. The normalized spacial score (nSPS) is 17.7. The van der Waals surface area contributed by atoms with Crippen LogP contribution < -0.4 is 14.8 Å². The maximum Gasteiger partial charge on any atom is 0.328 e. The van der Waals surface area contributed by atoms with Gasteiger partial charge < -0.3 is 19.9 Å². The summed E-state index contributed by atoms with van der Waals surface area (Å²) >= 11 is 0. The van der Waals surface area contributed by atoms with E-state index in [4.69, 9.17) is 14.5 Å². The molecule has 2 aromatic rings. The van der Waals surface area contributed by atoms with Crippen LogP contribution >= 0.6 is 0 Å². The van der Waals surface area contributed by atoms with Crippen molar-refractivity contribution in [3.63, 3.8) is 0 Å². The molecule has 0 spiro atoms. The second kappa shape index (κ2) is 7.86. The molecule has 7 heteroatoms. The van der Waals surface area contributed by atoms with Gasteiger partial charge >= 0.3 is 5.97 Å². The molecule has 0 fully saturated rings. The average molecular weight is 465 g/mol. The maximum absolute atomic E-state index is 12.9. The number of carbonyl (C=O) groups is 2. The average Bonchev–Trinajstić information content (AvgIpc) is 3.06. The van der Waals surface area contributed by atoms with Crippen molar-refractivity contribution in [2.24, 2.45) is 4.99 Å². The predicted octanol–water partition coefficient (Wildman–Crippen LogP) is 4.17. The van der Waals surface area contributed by atoms with Gasteiger partial charge in [0, 0.05) is 28.7 Å². The molecule has 2 aliphatic rings. The van der Waals surface area contributed by atoms with Crippen LogP contribution in [0.5, 0.6) is 11.5 Å². The summed E-state index contributed by atoms with van der Waals surface area (Å²) in [5.74, 6) is -0.0813. The summed E-state index contributed by atoms with van der Waals surface area (Å²) in [7, 11) is 1.65. The zero-order valence-corrected chi connectivity index (χ0v) is 20.8. The number of carbonyl (C=O) groups excluding carboxylic acids is 1. The van der Waals surface area contributed by atoms with Crippen molar-refractivity contribution in [1.29, 1.82) is 0 Å². The van der Waals surface area contributed by atoms with E-state index in [9.17, 15) is 14.7 Å². The van der Waals surface area contributed by atoms with Gasteiger partial charge in [-0.2, -0.15) is 0 Å². The van der Waals surface area contributed by atoms with Crippen LogP contribution in [0.3, 0.4) is 0 Å². The van der Waals surface area contributed by atoms with Gasteiger partial charge in [-0.3, -0.25) is 9.79 Å². The summed E-state index contributed by atoms with van der Waals surface area (Å²) in [4.78, 5) is 29.5. The third kappa shape index (κ3) is 4.27. The number of aliphatic carboxylic acids is 1. The number of amides is 1. The van der Waals surface area contributed by atoms with Crippen molar-refractivity contribution >= 4 is 17.6 Å². The van der Waals surface area contributed by atoms with Gasteiger partial charge in [-0.05, 0) is 71.7 Å². The molecule has 2 N–H and O–H groups in total. The van der Waals surface area contributed by atoms with Crippen LogP contribution in [-0.2, 0) is 17.6 Å². The molecule has 0 aliphatic carbocycles. The Labute approximate surface area is 200 Å². The molecule has 4 rings (SSSR count). The highest BCUT2D eigenvalue weighted by Gasteiger charge is 2.40. The molecule has 1 amide bonds. The largest absolute Gasteiger partial charge is 0.493 e. The molecule has 2 heterocycles. The van der Waals surface area contributed by atoms with Crippen LogP contribution in [-0.4, -0.2) is 46.5 Å². The van der Waals surface area contributed by atoms with E-state index in [0.29, 0.717) is 12.0 Å². The Morgan fingerprint density at radius 2 is 1.85 bits per heavy atom. The quantitative estimate of drug-likeness (QED) is 0.692. The van der Waals surface area contributed by atoms with Crippen LogP contribution in [0.1, 0.15) is 74.2 Å². The fourth-order valence-electron chi connectivity index (χ4n) is 4.65. The Morgan fingerprint density at radius 3 is 2.50 bits per heavy atom. The van der Waals surface area contributed by atoms with E-state index in [1.165, 1.54) is 13.8 Å². The monoisotopic (exact) mass is 464 g/mol. The van der Waals surface area contributed by atoms with E-state index in [1.807, 2.05) is 12.1 Å². The SMILES string of the molecule is COc1cc2c(c3c1OC(C)(C)C3)C(c1cccc(C(=O)NC(C)(C)C(=O)O)c1)=NC(C)(C)C2. The molecule has 0 bridgehead atoms. The Kier molecular flexibility index (Phi) is 5.50. The van der Waals surface area contributed by atoms with E-state index in [-0.39, 0.29) is 11.1 Å². The molecule has 0 saturated carbocycles. The summed E-state index contributed by atoms with van der Waals surface area (Å²) in [5.41, 5.74) is 3.11. The van der Waals surface area contributed by atoms with Gasteiger partial charge in [0.1, 0.15) is 11.1 Å². The van der Waals surface area contributed by atoms with E-state index in [0.717, 1.165) is 45.9 Å². The number of rotatable bonds is 5. The Hall–Kier alpha value is -3.35. The number of benzene rings is 2. The van der Waals surface area contributed by atoms with Crippen LogP contribution in [0.15, 0.2) is 35.3 Å². The number of carboxylic acids is 1. The molecular weight excluding hydrogens is 432 g/mol. The van der Waals surface area contributed by atoms with E-state index in [1.54, 1.807) is 25.3 Å². The molecule has 34 heavy (non-hydrogen) atoms. The molecule has 7 nitrogen and oxygen atoms in total. The minimum atomic E-state index is -1.38. The number of methoxy groups -OCH3 is 1. The molecule has 0 saturated heterocycles. The third-order valence-corrected chi connectivity index (χ3v) is 6.26. The minimum absolute atomic E-state index is 0.347. The van der Waals surface area contributed by atoms with Gasteiger partial charge in [0.05, 0.1) is 18.4 Å². The number of fused-ring (bicyclic) bond motifs is 3. The van der Waals surface area contributed by atoms with Crippen LogP contribution in [0.2, 0.25) is 0 Å². The highest BCUT2D eigenvalue weighted by atomic mass is 16.5. The van der Waals surface area contributed by atoms with Crippen LogP contribution in [0.4, 0.5) is 0 Å². The lowest BCUT2D eigenvalue weighted by Gasteiger charge is -2.31. The van der Waals surface area contributed by atoms with Crippen LogP contribution in [0.25, 0.3) is 0 Å². The zero-order chi connectivity index (χ0) is 25.1. The van der Waals surface area contributed by atoms with Crippen molar-refractivity contribution < 1.29 is 24.2 Å². The van der Waals surface area contributed by atoms with Gasteiger partial charge in [-0.1, -0.05) is 12.1 Å². The predicted molar refractivity (Wildman–Crippen MR) is 130 cm³/mol.